The topological polar surface area (TPSA) is 50.9 Å². The molecule has 1 heterocycles. The van der Waals surface area contributed by atoms with Gasteiger partial charge in [-0.1, -0.05) is 23.2 Å². The standard InChI is InChI=1S/C12H11Cl2N3/c13-10-5-9(15)6-11(14)12(10)17-7-8-1-3-16-4-2-8/h1-6,17H,7,15H2. The molecule has 2 rings (SSSR count). The molecular formula is C12H11Cl2N3. The summed E-state index contributed by atoms with van der Waals surface area (Å²) >= 11 is 12.1. The molecule has 88 valence electrons. The van der Waals surface area contributed by atoms with Crippen molar-refractivity contribution in [2.75, 3.05) is 11.1 Å². The zero-order valence-electron chi connectivity index (χ0n) is 8.95. The van der Waals surface area contributed by atoms with E-state index >= 15 is 0 Å². The number of aromatic nitrogens is 1. The second-order valence-electron chi connectivity index (χ2n) is 3.57. The predicted molar refractivity (Wildman–Crippen MR) is 72.4 cm³/mol. The summed E-state index contributed by atoms with van der Waals surface area (Å²) in [6.07, 6.45) is 3.48. The molecule has 0 aliphatic carbocycles. The van der Waals surface area contributed by atoms with Gasteiger partial charge in [-0.15, -0.1) is 0 Å². The zero-order chi connectivity index (χ0) is 12.3. The van der Waals surface area contributed by atoms with Gasteiger partial charge in [0.25, 0.3) is 0 Å². The molecule has 0 saturated carbocycles. The lowest BCUT2D eigenvalue weighted by Crippen LogP contribution is -2.01. The van der Waals surface area contributed by atoms with Gasteiger partial charge in [-0.05, 0) is 29.8 Å². The molecule has 0 radical (unpaired) electrons. The summed E-state index contributed by atoms with van der Waals surface area (Å²) < 4.78 is 0. The van der Waals surface area contributed by atoms with Gasteiger partial charge >= 0.3 is 0 Å². The number of benzene rings is 1. The van der Waals surface area contributed by atoms with Crippen LogP contribution in [0.4, 0.5) is 11.4 Å². The predicted octanol–water partition coefficient (Wildman–Crippen LogP) is 3.58. The highest BCUT2D eigenvalue weighted by atomic mass is 35.5. The molecule has 1 aromatic heterocycles. The molecule has 0 fully saturated rings. The van der Waals surface area contributed by atoms with E-state index < -0.39 is 0 Å². The Bertz CT molecular complexity index is 491. The largest absolute Gasteiger partial charge is 0.399 e. The first kappa shape index (κ1) is 12.0. The van der Waals surface area contributed by atoms with Crippen molar-refractivity contribution < 1.29 is 0 Å². The lowest BCUT2D eigenvalue weighted by atomic mass is 10.2. The number of hydrogen-bond donors (Lipinski definition) is 2. The molecule has 0 unspecified atom stereocenters. The number of anilines is 2. The number of nitrogen functional groups attached to an aromatic ring is 1. The quantitative estimate of drug-likeness (QED) is 0.836. The van der Waals surface area contributed by atoms with Crippen LogP contribution in [0.2, 0.25) is 10.0 Å². The van der Waals surface area contributed by atoms with E-state index in [4.69, 9.17) is 28.9 Å². The first-order valence-electron chi connectivity index (χ1n) is 5.04. The molecule has 0 bridgehead atoms. The van der Waals surface area contributed by atoms with Gasteiger partial charge in [-0.2, -0.15) is 0 Å². The maximum atomic E-state index is 6.06. The number of hydrogen-bond acceptors (Lipinski definition) is 3. The SMILES string of the molecule is Nc1cc(Cl)c(NCc2ccncc2)c(Cl)c1. The number of nitrogens with one attached hydrogen (secondary N) is 1. The van der Waals surface area contributed by atoms with E-state index in [1.54, 1.807) is 24.5 Å². The summed E-state index contributed by atoms with van der Waals surface area (Å²) in [6, 6.07) is 7.18. The van der Waals surface area contributed by atoms with E-state index in [0.29, 0.717) is 28.0 Å². The smallest absolute Gasteiger partial charge is 0.0723 e. The van der Waals surface area contributed by atoms with Crippen LogP contribution in [0.3, 0.4) is 0 Å². The minimum Gasteiger partial charge on any atom is -0.399 e. The summed E-state index contributed by atoms with van der Waals surface area (Å²) in [7, 11) is 0. The van der Waals surface area contributed by atoms with E-state index in [1.807, 2.05) is 12.1 Å². The Hall–Kier alpha value is -1.45. The van der Waals surface area contributed by atoms with Crippen LogP contribution < -0.4 is 11.1 Å². The second-order valence-corrected chi connectivity index (χ2v) is 4.38. The van der Waals surface area contributed by atoms with Crippen molar-refractivity contribution in [1.29, 1.82) is 0 Å². The van der Waals surface area contributed by atoms with Crippen LogP contribution in [0.15, 0.2) is 36.7 Å². The van der Waals surface area contributed by atoms with Crippen LogP contribution in [-0.2, 0) is 6.54 Å². The molecule has 0 aliphatic rings. The molecule has 17 heavy (non-hydrogen) atoms. The normalized spacial score (nSPS) is 10.2. The van der Waals surface area contributed by atoms with Crippen molar-refractivity contribution in [1.82, 2.24) is 4.98 Å². The van der Waals surface area contributed by atoms with Gasteiger partial charge in [-0.3, -0.25) is 4.98 Å². The number of halogens is 2. The summed E-state index contributed by atoms with van der Waals surface area (Å²) in [5.74, 6) is 0. The van der Waals surface area contributed by atoms with Gasteiger partial charge in [0.1, 0.15) is 0 Å². The third kappa shape index (κ3) is 3.02. The average Bonchev–Trinajstić information content (AvgIpc) is 2.29. The van der Waals surface area contributed by atoms with Crippen molar-refractivity contribution in [3.8, 4) is 0 Å². The lowest BCUT2D eigenvalue weighted by Gasteiger charge is -2.11. The van der Waals surface area contributed by atoms with Crippen molar-refractivity contribution >= 4 is 34.6 Å². The molecule has 3 N–H and O–H groups in total. The summed E-state index contributed by atoms with van der Waals surface area (Å²) in [5.41, 5.74) is 7.98. The molecule has 2 aromatic rings. The Morgan fingerprint density at radius 2 is 1.71 bits per heavy atom. The number of nitrogens with zero attached hydrogens (tertiary/aromatic N) is 1. The van der Waals surface area contributed by atoms with Crippen LogP contribution in [0.5, 0.6) is 0 Å². The molecule has 0 atom stereocenters. The molecular weight excluding hydrogens is 257 g/mol. The van der Waals surface area contributed by atoms with Gasteiger partial charge in [-0.25, -0.2) is 0 Å². The second kappa shape index (κ2) is 5.25. The average molecular weight is 268 g/mol. The highest BCUT2D eigenvalue weighted by Gasteiger charge is 2.06. The highest BCUT2D eigenvalue weighted by molar-refractivity contribution is 6.39. The van der Waals surface area contributed by atoms with Crippen LogP contribution in [0.1, 0.15) is 5.56 Å². The molecule has 0 aliphatic heterocycles. The molecule has 5 heteroatoms. The fraction of sp³-hybridized carbons (Fsp3) is 0.0833. The van der Waals surface area contributed by atoms with Crippen molar-refractivity contribution in [2.24, 2.45) is 0 Å². The van der Waals surface area contributed by atoms with Crippen LogP contribution >= 0.6 is 23.2 Å². The minimum atomic E-state index is 0.518. The number of rotatable bonds is 3. The summed E-state index contributed by atoms with van der Waals surface area (Å²) in [4.78, 5) is 3.95. The number of nitrogens with two attached hydrogens (primary N) is 1. The van der Waals surface area contributed by atoms with Crippen LogP contribution in [0.25, 0.3) is 0 Å². The third-order valence-electron chi connectivity index (χ3n) is 2.28. The minimum absolute atomic E-state index is 0.518. The fourth-order valence-corrected chi connectivity index (χ4v) is 2.09. The van der Waals surface area contributed by atoms with E-state index in [0.717, 1.165) is 5.56 Å². The molecule has 1 aromatic carbocycles. The fourth-order valence-electron chi connectivity index (χ4n) is 1.45. The van der Waals surface area contributed by atoms with Crippen LogP contribution in [0, 0.1) is 0 Å². The monoisotopic (exact) mass is 267 g/mol. The van der Waals surface area contributed by atoms with Crippen molar-refractivity contribution in [3.05, 3.63) is 52.3 Å². The Morgan fingerprint density at radius 3 is 2.29 bits per heavy atom. The Labute approximate surface area is 110 Å². The van der Waals surface area contributed by atoms with E-state index in [2.05, 4.69) is 10.3 Å². The third-order valence-corrected chi connectivity index (χ3v) is 2.88. The van der Waals surface area contributed by atoms with E-state index in [1.165, 1.54) is 0 Å². The Balaban J connectivity index is 2.15. The van der Waals surface area contributed by atoms with Gasteiger partial charge in [0.05, 0.1) is 15.7 Å². The molecule has 0 amide bonds. The Kier molecular flexibility index (Phi) is 3.71. The van der Waals surface area contributed by atoms with Gasteiger partial charge in [0, 0.05) is 24.6 Å². The lowest BCUT2D eigenvalue weighted by molar-refractivity contribution is 1.13. The summed E-state index contributed by atoms with van der Waals surface area (Å²) in [6.45, 7) is 0.631. The molecule has 0 spiro atoms. The zero-order valence-corrected chi connectivity index (χ0v) is 10.5. The summed E-state index contributed by atoms with van der Waals surface area (Å²) in [5, 5.41) is 4.21. The first-order valence-corrected chi connectivity index (χ1v) is 5.79. The maximum Gasteiger partial charge on any atom is 0.0723 e. The van der Waals surface area contributed by atoms with E-state index in [-0.39, 0.29) is 0 Å². The van der Waals surface area contributed by atoms with Gasteiger partial charge < -0.3 is 11.1 Å². The Morgan fingerprint density at radius 1 is 1.12 bits per heavy atom. The maximum absolute atomic E-state index is 6.06. The molecule has 3 nitrogen and oxygen atoms in total. The van der Waals surface area contributed by atoms with Gasteiger partial charge in [0.2, 0.25) is 0 Å². The number of pyridine rings is 1. The van der Waals surface area contributed by atoms with Crippen molar-refractivity contribution in [2.45, 2.75) is 6.54 Å². The van der Waals surface area contributed by atoms with Crippen molar-refractivity contribution in [3.63, 3.8) is 0 Å². The van der Waals surface area contributed by atoms with E-state index in [9.17, 15) is 0 Å². The first-order chi connectivity index (χ1) is 8.16. The molecule has 0 saturated heterocycles. The van der Waals surface area contributed by atoms with Crippen LogP contribution in [-0.4, -0.2) is 4.98 Å². The van der Waals surface area contributed by atoms with Gasteiger partial charge in [0.15, 0.2) is 0 Å². The highest BCUT2D eigenvalue weighted by Crippen LogP contribution is 2.33.